The highest BCUT2D eigenvalue weighted by Crippen LogP contribution is 2.06. The summed E-state index contributed by atoms with van der Waals surface area (Å²) in [4.78, 5) is 0. The van der Waals surface area contributed by atoms with E-state index in [9.17, 15) is 0 Å². The number of allylic oxidation sites excluding steroid dienone is 4. The van der Waals surface area contributed by atoms with E-state index in [0.717, 1.165) is 6.42 Å². The van der Waals surface area contributed by atoms with E-state index < -0.39 is 0 Å². The molecule has 0 heterocycles. The predicted octanol–water partition coefficient (Wildman–Crippen LogP) is 1.91. The van der Waals surface area contributed by atoms with Crippen molar-refractivity contribution in [1.29, 1.82) is 5.41 Å². The molecule has 0 radical (unpaired) electrons. The van der Waals surface area contributed by atoms with Crippen LogP contribution >= 0.6 is 0 Å². The van der Waals surface area contributed by atoms with Crippen LogP contribution < -0.4 is 0 Å². The SMILES string of the molecule is CC1=CC=CC(=N)C1. The topological polar surface area (TPSA) is 23.9 Å². The van der Waals surface area contributed by atoms with Gasteiger partial charge < -0.3 is 5.41 Å². The van der Waals surface area contributed by atoms with Crippen LogP contribution in [-0.2, 0) is 0 Å². The minimum atomic E-state index is 0.713. The van der Waals surface area contributed by atoms with Gasteiger partial charge in [-0.2, -0.15) is 0 Å². The fourth-order valence-electron chi connectivity index (χ4n) is 0.747. The number of nitrogens with one attached hydrogen (secondary N) is 1. The van der Waals surface area contributed by atoms with Crippen LogP contribution in [0.2, 0.25) is 0 Å². The molecule has 0 saturated carbocycles. The molecule has 0 saturated heterocycles. The van der Waals surface area contributed by atoms with E-state index >= 15 is 0 Å². The lowest BCUT2D eigenvalue weighted by atomic mass is 10.1. The van der Waals surface area contributed by atoms with Crippen molar-refractivity contribution in [3.05, 3.63) is 23.8 Å². The summed E-state index contributed by atoms with van der Waals surface area (Å²) in [6.07, 6.45) is 6.61. The Bertz CT molecular complexity index is 163. The van der Waals surface area contributed by atoms with Crippen LogP contribution in [0.4, 0.5) is 0 Å². The van der Waals surface area contributed by atoms with Gasteiger partial charge in [0.2, 0.25) is 0 Å². The molecule has 1 N–H and O–H groups in total. The van der Waals surface area contributed by atoms with Gasteiger partial charge in [0.15, 0.2) is 0 Å². The fraction of sp³-hybridized carbons (Fsp3) is 0.286. The number of rotatable bonds is 0. The van der Waals surface area contributed by atoms with Gasteiger partial charge in [0.25, 0.3) is 0 Å². The number of hydrogen-bond acceptors (Lipinski definition) is 1. The third-order valence-corrected chi connectivity index (χ3v) is 1.15. The average molecular weight is 107 g/mol. The third-order valence-electron chi connectivity index (χ3n) is 1.15. The van der Waals surface area contributed by atoms with Crippen molar-refractivity contribution < 1.29 is 0 Å². The predicted molar refractivity (Wildman–Crippen MR) is 35.2 cm³/mol. The second-order valence-electron chi connectivity index (χ2n) is 2.07. The highest BCUT2D eigenvalue weighted by atomic mass is 14.4. The van der Waals surface area contributed by atoms with Gasteiger partial charge in [0.1, 0.15) is 0 Å². The van der Waals surface area contributed by atoms with Gasteiger partial charge in [-0.1, -0.05) is 17.7 Å². The van der Waals surface area contributed by atoms with Crippen LogP contribution in [0.1, 0.15) is 13.3 Å². The molecule has 0 aromatic rings. The molecule has 0 aliphatic heterocycles. The Hall–Kier alpha value is -0.850. The third kappa shape index (κ3) is 1.06. The molecule has 0 amide bonds. The fourth-order valence-corrected chi connectivity index (χ4v) is 0.747. The lowest BCUT2D eigenvalue weighted by Crippen LogP contribution is -1.94. The Morgan fingerprint density at radius 3 is 2.75 bits per heavy atom. The maximum absolute atomic E-state index is 7.19. The Balaban J connectivity index is 2.73. The molecule has 1 heteroatoms. The molecule has 0 unspecified atom stereocenters. The molecule has 0 spiro atoms. The van der Waals surface area contributed by atoms with Crippen LogP contribution in [0.3, 0.4) is 0 Å². The van der Waals surface area contributed by atoms with Gasteiger partial charge in [0.05, 0.1) is 0 Å². The Morgan fingerprint density at radius 2 is 2.38 bits per heavy atom. The van der Waals surface area contributed by atoms with E-state index in [4.69, 9.17) is 5.41 Å². The van der Waals surface area contributed by atoms with Crippen molar-refractivity contribution in [2.45, 2.75) is 13.3 Å². The maximum Gasteiger partial charge on any atom is 0.0354 e. The zero-order valence-corrected chi connectivity index (χ0v) is 4.94. The summed E-state index contributed by atoms with van der Waals surface area (Å²) >= 11 is 0. The molecule has 1 aliphatic carbocycles. The lowest BCUT2D eigenvalue weighted by Gasteiger charge is -2.01. The van der Waals surface area contributed by atoms with E-state index in [-0.39, 0.29) is 0 Å². The van der Waals surface area contributed by atoms with Gasteiger partial charge in [0, 0.05) is 12.1 Å². The van der Waals surface area contributed by atoms with Gasteiger partial charge >= 0.3 is 0 Å². The first kappa shape index (κ1) is 5.29. The molecular weight excluding hydrogens is 98.1 g/mol. The van der Waals surface area contributed by atoms with Gasteiger partial charge in [-0.05, 0) is 13.0 Å². The Morgan fingerprint density at radius 1 is 1.62 bits per heavy atom. The van der Waals surface area contributed by atoms with Crippen molar-refractivity contribution in [1.82, 2.24) is 0 Å². The van der Waals surface area contributed by atoms with E-state index in [1.807, 2.05) is 25.2 Å². The molecule has 1 aliphatic rings. The van der Waals surface area contributed by atoms with Crippen LogP contribution in [0.15, 0.2) is 23.8 Å². The molecule has 0 aromatic carbocycles. The summed E-state index contributed by atoms with van der Waals surface area (Å²) in [6.45, 7) is 2.04. The first-order chi connectivity index (χ1) is 3.79. The van der Waals surface area contributed by atoms with Gasteiger partial charge in [-0.25, -0.2) is 0 Å². The summed E-state index contributed by atoms with van der Waals surface area (Å²) < 4.78 is 0. The molecule has 0 aromatic heterocycles. The van der Waals surface area contributed by atoms with E-state index in [1.54, 1.807) is 0 Å². The Kier molecular flexibility index (Phi) is 1.29. The summed E-state index contributed by atoms with van der Waals surface area (Å²) in [5.41, 5.74) is 1.99. The van der Waals surface area contributed by atoms with Crippen molar-refractivity contribution >= 4 is 5.71 Å². The summed E-state index contributed by atoms with van der Waals surface area (Å²) in [6, 6.07) is 0. The quantitative estimate of drug-likeness (QED) is 0.489. The van der Waals surface area contributed by atoms with Gasteiger partial charge in [-0.3, -0.25) is 0 Å². The molecule has 0 fully saturated rings. The summed E-state index contributed by atoms with van der Waals surface area (Å²) in [7, 11) is 0. The first-order valence-corrected chi connectivity index (χ1v) is 2.70. The maximum atomic E-state index is 7.19. The zero-order valence-electron chi connectivity index (χ0n) is 4.94. The average Bonchev–Trinajstić information content (AvgIpc) is 1.64. The lowest BCUT2D eigenvalue weighted by molar-refractivity contribution is 1.22. The zero-order chi connectivity index (χ0) is 5.98. The standard InChI is InChI=1S/C7H9N/c1-6-3-2-4-7(8)5-6/h2-4,8H,5H2,1H3. The van der Waals surface area contributed by atoms with Crippen molar-refractivity contribution in [3.63, 3.8) is 0 Å². The smallest absolute Gasteiger partial charge is 0.0354 e. The molecular formula is C7H9N. The molecule has 42 valence electrons. The van der Waals surface area contributed by atoms with E-state index in [0.29, 0.717) is 5.71 Å². The van der Waals surface area contributed by atoms with Crippen molar-refractivity contribution in [3.8, 4) is 0 Å². The minimum Gasteiger partial charge on any atom is -0.305 e. The molecule has 0 atom stereocenters. The normalized spacial score (nSPS) is 18.6. The highest BCUT2D eigenvalue weighted by Gasteiger charge is 1.95. The largest absolute Gasteiger partial charge is 0.305 e. The van der Waals surface area contributed by atoms with Crippen LogP contribution in [-0.4, -0.2) is 5.71 Å². The molecule has 8 heavy (non-hydrogen) atoms. The Labute approximate surface area is 49.2 Å². The minimum absolute atomic E-state index is 0.713. The van der Waals surface area contributed by atoms with Crippen LogP contribution in [0.25, 0.3) is 0 Å². The molecule has 1 rings (SSSR count). The highest BCUT2D eigenvalue weighted by molar-refractivity contribution is 5.95. The van der Waals surface area contributed by atoms with Crippen molar-refractivity contribution in [2.24, 2.45) is 0 Å². The second-order valence-corrected chi connectivity index (χ2v) is 2.07. The summed E-state index contributed by atoms with van der Waals surface area (Å²) in [5.74, 6) is 0. The molecule has 0 bridgehead atoms. The number of hydrogen-bond donors (Lipinski definition) is 1. The van der Waals surface area contributed by atoms with E-state index in [1.165, 1.54) is 5.57 Å². The van der Waals surface area contributed by atoms with Crippen LogP contribution in [0.5, 0.6) is 0 Å². The van der Waals surface area contributed by atoms with Gasteiger partial charge in [-0.15, -0.1) is 0 Å². The van der Waals surface area contributed by atoms with Crippen molar-refractivity contribution in [2.75, 3.05) is 0 Å². The van der Waals surface area contributed by atoms with E-state index in [2.05, 4.69) is 0 Å². The monoisotopic (exact) mass is 107 g/mol. The first-order valence-electron chi connectivity index (χ1n) is 2.70. The van der Waals surface area contributed by atoms with Crippen LogP contribution in [0, 0.1) is 5.41 Å². The molecule has 1 nitrogen and oxygen atoms in total. The second kappa shape index (κ2) is 1.95. The summed E-state index contributed by atoms with van der Waals surface area (Å²) in [5, 5.41) is 7.19.